The highest BCUT2D eigenvalue weighted by Gasteiger charge is 2.22. The molecule has 4 aromatic rings. The van der Waals surface area contributed by atoms with Crippen LogP contribution < -0.4 is 0 Å². The lowest BCUT2D eigenvalue weighted by atomic mass is 10.0. The number of benzene rings is 4. The molecule has 0 spiro atoms. The van der Waals surface area contributed by atoms with Crippen LogP contribution in [0.4, 0.5) is 0 Å². The van der Waals surface area contributed by atoms with Crippen molar-refractivity contribution in [1.29, 1.82) is 0 Å². The topological polar surface area (TPSA) is 83.9 Å². The van der Waals surface area contributed by atoms with Gasteiger partial charge in [0, 0.05) is 24.2 Å². The Morgan fingerprint density at radius 2 is 1.51 bits per heavy atom. The number of carbonyl (C=O) groups excluding carboxylic acids is 1. The fourth-order valence-electron chi connectivity index (χ4n) is 4.66. The van der Waals surface area contributed by atoms with Crippen LogP contribution in [0.15, 0.2) is 113 Å². The van der Waals surface area contributed by atoms with Gasteiger partial charge in [-0.05, 0) is 85.5 Å². The number of aliphatic hydroxyl groups is 1. The minimum atomic E-state index is -3.75. The van der Waals surface area contributed by atoms with Gasteiger partial charge in [0.15, 0.2) is 0 Å². The molecule has 0 saturated carbocycles. The Balaban J connectivity index is 1.48. The molecular weight excluding hydrogens is 558 g/mol. The van der Waals surface area contributed by atoms with Gasteiger partial charge in [-0.2, -0.15) is 0 Å². The molecule has 0 unspecified atom stereocenters. The number of nitrogens with zero attached hydrogens (tertiary/aromatic N) is 1. The van der Waals surface area contributed by atoms with Gasteiger partial charge in [-0.1, -0.05) is 66.2 Å². The molecule has 4 rings (SSSR count). The van der Waals surface area contributed by atoms with E-state index in [9.17, 15) is 18.3 Å². The number of aliphatic hydroxyl groups excluding tert-OH is 1. The molecule has 214 valence electrons. The second-order valence-electron chi connectivity index (χ2n) is 9.93. The van der Waals surface area contributed by atoms with Gasteiger partial charge in [-0.3, -0.25) is 4.90 Å². The molecule has 41 heavy (non-hydrogen) atoms. The van der Waals surface area contributed by atoms with E-state index in [0.717, 1.165) is 16.7 Å². The van der Waals surface area contributed by atoms with E-state index in [1.54, 1.807) is 31.2 Å². The second-order valence-corrected chi connectivity index (χ2v) is 12.3. The third kappa shape index (κ3) is 8.05. The predicted octanol–water partition coefficient (Wildman–Crippen LogP) is 6.52. The minimum absolute atomic E-state index is 0.0434. The smallest absolute Gasteiger partial charge is 0.338 e. The lowest BCUT2D eigenvalue weighted by Crippen LogP contribution is -2.37. The Kier molecular flexibility index (Phi) is 10.3. The monoisotopic (exact) mass is 591 g/mol. The van der Waals surface area contributed by atoms with E-state index < -0.39 is 21.9 Å². The van der Waals surface area contributed by atoms with E-state index in [0.29, 0.717) is 30.1 Å². The minimum Gasteiger partial charge on any atom is -0.462 e. The van der Waals surface area contributed by atoms with E-state index >= 15 is 0 Å². The first-order chi connectivity index (χ1) is 19.7. The van der Waals surface area contributed by atoms with Crippen LogP contribution in [0.2, 0.25) is 5.02 Å². The van der Waals surface area contributed by atoms with Gasteiger partial charge in [0.1, 0.15) is 0 Å². The quantitative estimate of drug-likeness (QED) is 0.189. The molecule has 1 N–H and O–H groups in total. The van der Waals surface area contributed by atoms with E-state index in [1.165, 1.54) is 24.3 Å². The second kappa shape index (κ2) is 13.9. The van der Waals surface area contributed by atoms with Crippen molar-refractivity contribution >= 4 is 27.4 Å². The van der Waals surface area contributed by atoms with Crippen molar-refractivity contribution in [2.75, 3.05) is 13.2 Å². The third-order valence-corrected chi connectivity index (χ3v) is 8.95. The number of ether oxygens (including phenoxy) is 1. The van der Waals surface area contributed by atoms with Crippen LogP contribution in [0.1, 0.15) is 47.0 Å². The van der Waals surface area contributed by atoms with Gasteiger partial charge < -0.3 is 9.84 Å². The van der Waals surface area contributed by atoms with Crippen LogP contribution in [0.3, 0.4) is 0 Å². The largest absolute Gasteiger partial charge is 0.462 e. The third-order valence-electron chi connectivity index (χ3n) is 6.93. The van der Waals surface area contributed by atoms with Gasteiger partial charge in [0.25, 0.3) is 0 Å². The van der Waals surface area contributed by atoms with Crippen LogP contribution >= 0.6 is 11.6 Å². The van der Waals surface area contributed by atoms with Crippen molar-refractivity contribution in [2.24, 2.45) is 0 Å². The SMILES string of the molecule is CCOC(=O)c1ccc(S(=O)(=O)c2ccc(C[C@@H](C)N(Cc3ccccc3)C[C@H](O)c3cccc(Cl)c3)cc2)cc1. The molecular formula is C33H34ClNO5S. The van der Waals surface area contributed by atoms with E-state index in [4.69, 9.17) is 16.3 Å². The molecule has 2 atom stereocenters. The maximum absolute atomic E-state index is 13.2. The fourth-order valence-corrected chi connectivity index (χ4v) is 6.11. The zero-order valence-corrected chi connectivity index (χ0v) is 24.7. The van der Waals surface area contributed by atoms with Crippen LogP contribution in [0.25, 0.3) is 0 Å². The average Bonchev–Trinajstić information content (AvgIpc) is 2.98. The molecule has 0 aliphatic carbocycles. The summed E-state index contributed by atoms with van der Waals surface area (Å²) in [6.07, 6.45) is -0.0634. The Morgan fingerprint density at radius 3 is 2.12 bits per heavy atom. The number of rotatable bonds is 12. The van der Waals surface area contributed by atoms with Gasteiger partial charge in [-0.15, -0.1) is 0 Å². The maximum atomic E-state index is 13.2. The lowest BCUT2D eigenvalue weighted by molar-refractivity contribution is 0.0526. The molecule has 0 saturated heterocycles. The number of halogens is 1. The Morgan fingerprint density at radius 1 is 0.878 bits per heavy atom. The predicted molar refractivity (Wildman–Crippen MR) is 161 cm³/mol. The molecule has 0 aromatic heterocycles. The molecule has 0 aliphatic rings. The van der Waals surface area contributed by atoms with Crippen LogP contribution in [-0.4, -0.2) is 43.6 Å². The summed E-state index contributed by atoms with van der Waals surface area (Å²) in [7, 11) is -3.75. The zero-order valence-electron chi connectivity index (χ0n) is 23.1. The van der Waals surface area contributed by atoms with Crippen molar-refractivity contribution in [3.05, 3.63) is 130 Å². The van der Waals surface area contributed by atoms with Crippen LogP contribution in [0.5, 0.6) is 0 Å². The molecule has 0 fully saturated rings. The summed E-state index contributed by atoms with van der Waals surface area (Å²) < 4.78 is 31.4. The molecule has 4 aromatic carbocycles. The normalized spacial score (nSPS) is 13.1. The first-order valence-electron chi connectivity index (χ1n) is 13.5. The number of carbonyl (C=O) groups is 1. The summed E-state index contributed by atoms with van der Waals surface area (Å²) in [5.41, 5.74) is 3.17. The summed E-state index contributed by atoms with van der Waals surface area (Å²) in [5, 5.41) is 11.6. The zero-order chi connectivity index (χ0) is 29.4. The Labute approximate surface area is 247 Å². The summed E-state index contributed by atoms with van der Waals surface area (Å²) >= 11 is 6.15. The van der Waals surface area contributed by atoms with Gasteiger partial charge in [-0.25, -0.2) is 13.2 Å². The lowest BCUT2D eigenvalue weighted by Gasteiger charge is -2.31. The molecule has 0 aliphatic heterocycles. The molecule has 0 bridgehead atoms. The highest BCUT2D eigenvalue weighted by molar-refractivity contribution is 7.91. The summed E-state index contributed by atoms with van der Waals surface area (Å²) in [6.45, 7) is 5.12. The van der Waals surface area contributed by atoms with Crippen molar-refractivity contribution < 1.29 is 23.1 Å². The van der Waals surface area contributed by atoms with Crippen molar-refractivity contribution in [3.63, 3.8) is 0 Å². The first-order valence-corrected chi connectivity index (χ1v) is 15.4. The first kappa shape index (κ1) is 30.5. The highest BCUT2D eigenvalue weighted by atomic mass is 35.5. The Bertz CT molecular complexity index is 1540. The van der Waals surface area contributed by atoms with Gasteiger partial charge >= 0.3 is 5.97 Å². The van der Waals surface area contributed by atoms with E-state index in [1.807, 2.05) is 42.5 Å². The van der Waals surface area contributed by atoms with E-state index in [2.05, 4.69) is 24.0 Å². The maximum Gasteiger partial charge on any atom is 0.338 e. The van der Waals surface area contributed by atoms with Crippen molar-refractivity contribution in [2.45, 2.75) is 48.7 Å². The number of esters is 1. The molecule has 8 heteroatoms. The summed E-state index contributed by atoms with van der Waals surface area (Å²) in [5.74, 6) is -0.490. The van der Waals surface area contributed by atoms with Crippen LogP contribution in [-0.2, 0) is 27.5 Å². The van der Waals surface area contributed by atoms with Gasteiger partial charge in [0.05, 0.1) is 28.1 Å². The molecule has 0 amide bonds. The van der Waals surface area contributed by atoms with Crippen LogP contribution in [0, 0.1) is 0 Å². The average molecular weight is 592 g/mol. The summed E-state index contributed by atoms with van der Waals surface area (Å²) in [6, 6.07) is 30.0. The fraction of sp³-hybridized carbons (Fsp3) is 0.242. The molecule has 6 nitrogen and oxygen atoms in total. The van der Waals surface area contributed by atoms with Crippen molar-refractivity contribution in [1.82, 2.24) is 4.90 Å². The van der Waals surface area contributed by atoms with Gasteiger partial charge in [0.2, 0.25) is 9.84 Å². The standard InChI is InChI=1S/C33H34ClNO5S/c1-3-40-33(37)27-14-18-31(19-15-27)41(38,39)30-16-12-25(13-17-30)20-24(2)35(22-26-8-5-4-6-9-26)23-32(36)28-10-7-11-29(34)21-28/h4-19,21,24,32,36H,3,20,22-23H2,1-2H3/t24-,32+/m1/s1. The van der Waals surface area contributed by atoms with E-state index in [-0.39, 0.29) is 22.4 Å². The number of hydrogen-bond acceptors (Lipinski definition) is 6. The number of hydrogen-bond donors (Lipinski definition) is 1. The molecule has 0 heterocycles. The number of sulfone groups is 1. The molecule has 0 radical (unpaired) electrons. The highest BCUT2D eigenvalue weighted by Crippen LogP contribution is 2.24. The van der Waals surface area contributed by atoms with Crippen molar-refractivity contribution in [3.8, 4) is 0 Å². The Hall–Kier alpha value is -3.49. The summed E-state index contributed by atoms with van der Waals surface area (Å²) in [4.78, 5) is 14.4.